The molecule has 0 N–H and O–H groups in total. The maximum absolute atomic E-state index is 13.2. The summed E-state index contributed by atoms with van der Waals surface area (Å²) in [6.07, 6.45) is 4.70. The fourth-order valence-electron chi connectivity index (χ4n) is 2.79. The van der Waals surface area contributed by atoms with Gasteiger partial charge in [0.15, 0.2) is 5.78 Å². The molecule has 1 aromatic carbocycles. The van der Waals surface area contributed by atoms with Crippen LogP contribution in [0.2, 0.25) is 0 Å². The summed E-state index contributed by atoms with van der Waals surface area (Å²) in [4.78, 5) is 17.2. The largest absolute Gasteiger partial charge is 0.488 e. The Bertz CT molecular complexity index is 799. The molecule has 0 spiro atoms. The zero-order valence-electron chi connectivity index (χ0n) is 16.1. The zero-order chi connectivity index (χ0) is 19.5. The number of allylic oxidation sites excluding steroid dienone is 1. The number of aromatic nitrogens is 3. The minimum Gasteiger partial charge on any atom is -0.488 e. The van der Waals surface area contributed by atoms with Crippen molar-refractivity contribution in [2.75, 3.05) is 20.0 Å². The van der Waals surface area contributed by atoms with Crippen LogP contribution in [0.25, 0.3) is 11.8 Å². The number of nitrogens with zero attached hydrogens (tertiary/aromatic N) is 3. The minimum absolute atomic E-state index is 0.109. The van der Waals surface area contributed by atoms with Crippen molar-refractivity contribution in [1.29, 1.82) is 0 Å². The van der Waals surface area contributed by atoms with Gasteiger partial charge in [-0.25, -0.2) is 9.67 Å². The number of rotatable bonds is 5. The van der Waals surface area contributed by atoms with Gasteiger partial charge in [-0.15, -0.1) is 0 Å². The minimum atomic E-state index is -0.773. The van der Waals surface area contributed by atoms with Gasteiger partial charge in [0.25, 0.3) is 0 Å². The topological polar surface area (TPSA) is 75.5 Å². The Morgan fingerprint density at radius 1 is 1.22 bits per heavy atom. The lowest BCUT2D eigenvalue weighted by Crippen LogP contribution is -2.42. The predicted octanol–water partition coefficient (Wildman–Crippen LogP) is 3.03. The molecule has 0 atom stereocenters. The molecule has 7 nitrogen and oxygen atoms in total. The highest BCUT2D eigenvalue weighted by Gasteiger charge is 2.39. The van der Waals surface area contributed by atoms with E-state index in [1.54, 1.807) is 6.08 Å². The summed E-state index contributed by atoms with van der Waals surface area (Å²) >= 11 is 0. The van der Waals surface area contributed by atoms with Crippen molar-refractivity contribution in [2.45, 2.75) is 33.3 Å². The zero-order valence-corrected chi connectivity index (χ0v) is 16.1. The third-order valence-corrected chi connectivity index (χ3v) is 4.06. The van der Waals surface area contributed by atoms with Gasteiger partial charge in [0.2, 0.25) is 0 Å². The lowest BCUT2D eigenvalue weighted by molar-refractivity contribution is -0.168. The monoisotopic (exact) mass is 371 g/mol. The Hall–Kier alpha value is -2.51. The van der Waals surface area contributed by atoms with Gasteiger partial charge in [-0.1, -0.05) is 12.1 Å². The number of hydrogen-bond acceptors (Lipinski definition) is 6. The van der Waals surface area contributed by atoms with Gasteiger partial charge >= 0.3 is 0 Å². The second kappa shape index (κ2) is 7.62. The van der Waals surface area contributed by atoms with E-state index in [0.29, 0.717) is 18.9 Å². The van der Waals surface area contributed by atoms with Crippen molar-refractivity contribution < 1.29 is 19.0 Å². The van der Waals surface area contributed by atoms with Gasteiger partial charge in [-0.05, 0) is 51.5 Å². The van der Waals surface area contributed by atoms with Crippen molar-refractivity contribution >= 4 is 17.6 Å². The first kappa shape index (κ1) is 19.3. The molecule has 2 heterocycles. The summed E-state index contributed by atoms with van der Waals surface area (Å²) in [5, 5.41) is 4.14. The maximum atomic E-state index is 13.2. The summed E-state index contributed by atoms with van der Waals surface area (Å²) in [5.74, 6) is 0.664. The predicted molar refractivity (Wildman–Crippen MR) is 101 cm³/mol. The summed E-state index contributed by atoms with van der Waals surface area (Å²) < 4.78 is 18.0. The molecular formula is C20H25N3O4. The number of Topliss-reactive ketones (excluding diaryl/α,β-unsaturated/α-hetero) is 1. The molecule has 0 bridgehead atoms. The Labute approximate surface area is 159 Å². The van der Waals surface area contributed by atoms with E-state index in [4.69, 9.17) is 14.2 Å². The third kappa shape index (κ3) is 4.81. The molecule has 7 heteroatoms. The van der Waals surface area contributed by atoms with Crippen molar-refractivity contribution in [3.8, 4) is 5.75 Å². The Balaban J connectivity index is 1.91. The number of hydrogen-bond donors (Lipinski definition) is 0. The van der Waals surface area contributed by atoms with Crippen molar-refractivity contribution in [3.63, 3.8) is 0 Å². The van der Waals surface area contributed by atoms with E-state index in [1.807, 2.05) is 52.0 Å². The van der Waals surface area contributed by atoms with E-state index in [-0.39, 0.29) is 18.2 Å². The first-order valence-corrected chi connectivity index (χ1v) is 8.83. The molecule has 27 heavy (non-hydrogen) atoms. The van der Waals surface area contributed by atoms with Crippen LogP contribution in [0.5, 0.6) is 5.75 Å². The number of ether oxygens (including phenoxy) is 3. The molecule has 3 rings (SSSR count). The molecule has 0 radical (unpaired) electrons. The van der Waals surface area contributed by atoms with E-state index in [2.05, 4.69) is 10.1 Å². The Kier molecular flexibility index (Phi) is 5.43. The van der Waals surface area contributed by atoms with E-state index >= 15 is 0 Å². The first-order chi connectivity index (χ1) is 12.8. The molecule has 0 saturated carbocycles. The molecule has 144 valence electrons. The van der Waals surface area contributed by atoms with E-state index < -0.39 is 5.41 Å². The molecule has 1 fully saturated rings. The van der Waals surface area contributed by atoms with Crippen LogP contribution in [-0.4, -0.2) is 46.2 Å². The Morgan fingerprint density at radius 2 is 1.89 bits per heavy atom. The highest BCUT2D eigenvalue weighted by atomic mass is 16.7. The molecular weight excluding hydrogens is 346 g/mol. The summed E-state index contributed by atoms with van der Waals surface area (Å²) in [6.45, 7) is 8.64. The number of carbonyl (C=O) groups is 1. The molecule has 2 aromatic rings. The summed E-state index contributed by atoms with van der Waals surface area (Å²) in [6, 6.07) is 7.58. The number of carbonyl (C=O) groups excluding carboxylic acids is 1. The lowest BCUT2D eigenvalue weighted by Gasteiger charge is -2.32. The molecule has 0 aliphatic carbocycles. The SMILES string of the molecule is CC(C)(C)Oc1ccc(C=C(C(=O)C2(C)COCOC2)n2cncn2)cc1. The van der Waals surface area contributed by atoms with E-state index in [0.717, 1.165) is 11.3 Å². The van der Waals surface area contributed by atoms with E-state index in [1.165, 1.54) is 17.3 Å². The fourth-order valence-corrected chi connectivity index (χ4v) is 2.79. The molecule has 1 aromatic heterocycles. The average molecular weight is 371 g/mol. The fraction of sp³-hybridized carbons (Fsp3) is 0.450. The molecule has 1 aliphatic heterocycles. The van der Waals surface area contributed by atoms with Crippen molar-refractivity contribution in [1.82, 2.24) is 14.8 Å². The summed E-state index contributed by atoms with van der Waals surface area (Å²) in [7, 11) is 0. The van der Waals surface area contributed by atoms with Gasteiger partial charge in [-0.2, -0.15) is 5.10 Å². The molecule has 0 amide bonds. The van der Waals surface area contributed by atoms with Crippen LogP contribution in [0, 0.1) is 5.41 Å². The average Bonchev–Trinajstić information content (AvgIpc) is 3.14. The smallest absolute Gasteiger partial charge is 0.191 e. The van der Waals surface area contributed by atoms with Crippen LogP contribution < -0.4 is 4.74 Å². The molecule has 0 unspecified atom stereocenters. The highest BCUT2D eigenvalue weighted by Crippen LogP contribution is 2.29. The van der Waals surface area contributed by atoms with Gasteiger partial charge in [0, 0.05) is 0 Å². The first-order valence-electron chi connectivity index (χ1n) is 8.83. The molecule has 1 saturated heterocycles. The summed E-state index contributed by atoms with van der Waals surface area (Å²) in [5.41, 5.74) is 0.227. The second-order valence-electron chi connectivity index (χ2n) is 7.86. The van der Waals surface area contributed by atoms with Gasteiger partial charge < -0.3 is 14.2 Å². The number of ketones is 1. The lowest BCUT2D eigenvalue weighted by atomic mass is 9.85. The maximum Gasteiger partial charge on any atom is 0.191 e. The standard InChI is InChI=1S/C20H25N3O4/c1-19(2,3)27-16-7-5-15(6-8-16)9-17(23-13-21-12-22-23)18(24)20(4)10-25-14-26-11-20/h5-9,12-13H,10-11,14H2,1-4H3. The second-order valence-corrected chi connectivity index (χ2v) is 7.86. The number of benzene rings is 1. The van der Waals surface area contributed by atoms with Gasteiger partial charge in [0.1, 0.15) is 36.5 Å². The highest BCUT2D eigenvalue weighted by molar-refractivity contribution is 6.22. The Morgan fingerprint density at radius 3 is 2.44 bits per heavy atom. The van der Waals surface area contributed by atoms with Crippen molar-refractivity contribution in [3.05, 3.63) is 42.5 Å². The van der Waals surface area contributed by atoms with E-state index in [9.17, 15) is 4.79 Å². The van der Waals surface area contributed by atoms with Crippen LogP contribution in [0.15, 0.2) is 36.9 Å². The van der Waals surface area contributed by atoms with Crippen LogP contribution >= 0.6 is 0 Å². The van der Waals surface area contributed by atoms with Gasteiger partial charge in [-0.3, -0.25) is 4.79 Å². The molecule has 1 aliphatic rings. The quantitative estimate of drug-likeness (QED) is 0.752. The van der Waals surface area contributed by atoms with Crippen molar-refractivity contribution in [2.24, 2.45) is 5.41 Å². The van der Waals surface area contributed by atoms with Crippen LogP contribution in [0.3, 0.4) is 0 Å². The van der Waals surface area contributed by atoms with Crippen LogP contribution in [-0.2, 0) is 14.3 Å². The van der Waals surface area contributed by atoms with Gasteiger partial charge in [0.05, 0.1) is 18.6 Å². The normalized spacial score (nSPS) is 17.6. The third-order valence-electron chi connectivity index (χ3n) is 4.06. The van der Waals surface area contributed by atoms with Crippen LogP contribution in [0.1, 0.15) is 33.3 Å². The van der Waals surface area contributed by atoms with Crippen LogP contribution in [0.4, 0.5) is 0 Å².